The molecular formula is C13H15ClF3NO6S. The monoisotopic (exact) mass is 405 g/mol. The lowest BCUT2D eigenvalue weighted by Crippen LogP contribution is -2.32. The number of rotatable bonds is 8. The number of benzene rings is 1. The quantitative estimate of drug-likeness (QED) is 0.403. The summed E-state index contributed by atoms with van der Waals surface area (Å²) >= 11 is 5.92. The van der Waals surface area contributed by atoms with Crippen LogP contribution in [0.2, 0.25) is 5.02 Å². The number of carbonyl (C=O) groups is 1. The van der Waals surface area contributed by atoms with Gasteiger partial charge in [-0.1, -0.05) is 11.6 Å². The van der Waals surface area contributed by atoms with Crippen LogP contribution in [0.1, 0.15) is 6.92 Å². The molecule has 0 bridgehead atoms. The molecule has 0 saturated heterocycles. The number of halogens is 4. The van der Waals surface area contributed by atoms with Gasteiger partial charge in [0.2, 0.25) is 5.91 Å². The molecule has 0 radical (unpaired) electrons. The summed E-state index contributed by atoms with van der Waals surface area (Å²) in [5.74, 6) is -1.07. The molecule has 1 aromatic carbocycles. The summed E-state index contributed by atoms with van der Waals surface area (Å²) in [5.41, 5.74) is -5.44. The van der Waals surface area contributed by atoms with Crippen molar-refractivity contribution >= 4 is 33.3 Å². The highest BCUT2D eigenvalue weighted by Gasteiger charge is 2.48. The minimum atomic E-state index is -5.82. The topological polar surface area (TPSA) is 93.1 Å². The Balaban J connectivity index is 2.97. The van der Waals surface area contributed by atoms with Crippen molar-refractivity contribution in [3.8, 4) is 5.75 Å². The predicted molar refractivity (Wildman–Crippen MR) is 83.0 cm³/mol. The molecule has 0 unspecified atom stereocenters. The van der Waals surface area contributed by atoms with Crippen molar-refractivity contribution in [3.63, 3.8) is 0 Å². The fourth-order valence-electron chi connectivity index (χ4n) is 1.70. The lowest BCUT2D eigenvalue weighted by molar-refractivity contribution is -0.116. The fourth-order valence-corrected chi connectivity index (χ4v) is 2.43. The number of carbonyl (C=O) groups excluding carboxylic acids is 1. The highest BCUT2D eigenvalue weighted by Crippen LogP contribution is 2.33. The minimum absolute atomic E-state index is 0.0656. The highest BCUT2D eigenvalue weighted by atomic mass is 35.5. The van der Waals surface area contributed by atoms with E-state index in [0.717, 1.165) is 18.2 Å². The Kier molecular flexibility index (Phi) is 7.47. The van der Waals surface area contributed by atoms with Crippen LogP contribution in [0.15, 0.2) is 18.2 Å². The van der Waals surface area contributed by atoms with Crippen molar-refractivity contribution < 1.29 is 40.4 Å². The van der Waals surface area contributed by atoms with Gasteiger partial charge in [-0.25, -0.2) is 0 Å². The van der Waals surface area contributed by atoms with Crippen LogP contribution < -0.4 is 9.08 Å². The molecule has 0 aromatic heterocycles. The summed E-state index contributed by atoms with van der Waals surface area (Å²) in [5, 5.41) is 8.42. The van der Waals surface area contributed by atoms with Crippen LogP contribution in [0, 0.1) is 0 Å². The van der Waals surface area contributed by atoms with Crippen molar-refractivity contribution in [3.05, 3.63) is 23.2 Å². The molecule has 1 aromatic rings. The first-order valence-corrected chi connectivity index (χ1v) is 8.55. The van der Waals surface area contributed by atoms with Gasteiger partial charge in [-0.2, -0.15) is 21.6 Å². The fraction of sp³-hybridized carbons (Fsp3) is 0.462. The Morgan fingerprint density at radius 3 is 2.44 bits per heavy atom. The third kappa shape index (κ3) is 6.03. The molecule has 0 atom stereocenters. The average molecular weight is 406 g/mol. The van der Waals surface area contributed by atoms with Gasteiger partial charge in [0, 0.05) is 19.5 Å². The summed E-state index contributed by atoms with van der Waals surface area (Å²) in [6.07, 6.45) is 0. The smallest absolute Gasteiger partial charge is 0.394 e. The molecule has 12 heteroatoms. The van der Waals surface area contributed by atoms with E-state index in [1.54, 1.807) is 0 Å². The third-order valence-electron chi connectivity index (χ3n) is 2.77. The molecule has 1 N–H and O–H groups in total. The van der Waals surface area contributed by atoms with Crippen LogP contribution in [-0.2, 0) is 19.6 Å². The third-order valence-corrected chi connectivity index (χ3v) is 4.06. The number of nitrogens with zero attached hydrogens (tertiary/aromatic N) is 1. The lowest BCUT2D eigenvalue weighted by Gasteiger charge is -2.22. The Morgan fingerprint density at radius 1 is 1.32 bits per heavy atom. The van der Waals surface area contributed by atoms with E-state index in [1.807, 2.05) is 0 Å². The van der Waals surface area contributed by atoms with Crippen molar-refractivity contribution in [2.45, 2.75) is 12.4 Å². The number of ether oxygens (including phenoxy) is 1. The standard InChI is InChI=1S/C13H15ClF3NO6S/c1-9(20)18(4-6-23-7-5-19)12-3-2-10(8-11(12)14)24-25(21,22)13(15,16)17/h2-3,8,19H,4-7H2,1H3. The van der Waals surface area contributed by atoms with Crippen molar-refractivity contribution in [1.29, 1.82) is 0 Å². The highest BCUT2D eigenvalue weighted by molar-refractivity contribution is 7.88. The zero-order chi connectivity index (χ0) is 19.3. The molecule has 0 saturated carbocycles. The number of aliphatic hydroxyl groups is 1. The van der Waals surface area contributed by atoms with E-state index in [1.165, 1.54) is 11.8 Å². The maximum atomic E-state index is 12.3. The number of amides is 1. The lowest BCUT2D eigenvalue weighted by atomic mass is 10.2. The number of anilines is 1. The second kappa shape index (κ2) is 8.70. The maximum absolute atomic E-state index is 12.3. The first kappa shape index (κ1) is 21.5. The molecule has 7 nitrogen and oxygen atoms in total. The molecule has 25 heavy (non-hydrogen) atoms. The second-order valence-electron chi connectivity index (χ2n) is 4.60. The van der Waals surface area contributed by atoms with Crippen LogP contribution in [-0.4, -0.2) is 51.3 Å². The van der Waals surface area contributed by atoms with Gasteiger partial charge < -0.3 is 18.9 Å². The van der Waals surface area contributed by atoms with E-state index in [2.05, 4.69) is 4.18 Å². The van der Waals surface area contributed by atoms with Gasteiger partial charge in [0.1, 0.15) is 5.75 Å². The van der Waals surface area contributed by atoms with Gasteiger partial charge in [0.15, 0.2) is 0 Å². The van der Waals surface area contributed by atoms with Gasteiger partial charge in [-0.15, -0.1) is 0 Å². The van der Waals surface area contributed by atoms with Crippen molar-refractivity contribution in [1.82, 2.24) is 0 Å². The predicted octanol–water partition coefficient (Wildman–Crippen LogP) is 1.93. The number of alkyl halides is 3. The normalized spacial score (nSPS) is 12.1. The van der Waals surface area contributed by atoms with E-state index < -0.39 is 27.3 Å². The molecule has 1 rings (SSSR count). The summed E-state index contributed by atoms with van der Waals surface area (Å²) in [7, 11) is -5.82. The maximum Gasteiger partial charge on any atom is 0.534 e. The second-order valence-corrected chi connectivity index (χ2v) is 6.55. The Hall–Kier alpha value is -1.56. The molecule has 0 heterocycles. The van der Waals surface area contributed by atoms with Gasteiger partial charge >= 0.3 is 15.6 Å². The molecule has 0 spiro atoms. The first-order chi connectivity index (χ1) is 11.5. The van der Waals surface area contributed by atoms with Crippen LogP contribution in [0.4, 0.5) is 18.9 Å². The van der Waals surface area contributed by atoms with E-state index in [4.69, 9.17) is 21.4 Å². The molecule has 0 aliphatic rings. The van der Waals surface area contributed by atoms with E-state index >= 15 is 0 Å². The molecule has 0 aliphatic carbocycles. The molecule has 1 amide bonds. The number of aliphatic hydroxyl groups excluding tert-OH is 1. The van der Waals surface area contributed by atoms with Crippen LogP contribution in [0.3, 0.4) is 0 Å². The summed E-state index contributed by atoms with van der Waals surface area (Å²) < 4.78 is 67.9. The van der Waals surface area contributed by atoms with Gasteiger partial charge in [-0.3, -0.25) is 4.79 Å². The largest absolute Gasteiger partial charge is 0.534 e. The van der Waals surface area contributed by atoms with Crippen molar-refractivity contribution in [2.24, 2.45) is 0 Å². The molecule has 0 aliphatic heterocycles. The Labute approximate surface area is 147 Å². The Bertz CT molecular complexity index is 710. The van der Waals surface area contributed by atoms with Crippen LogP contribution in [0.25, 0.3) is 0 Å². The summed E-state index contributed by atoms with van der Waals surface area (Å²) in [6, 6.07) is 2.94. The SMILES string of the molecule is CC(=O)N(CCOCCO)c1ccc(OS(=O)(=O)C(F)(F)F)cc1Cl. The molecule has 0 fully saturated rings. The zero-order valence-electron chi connectivity index (χ0n) is 12.9. The van der Waals surface area contributed by atoms with Crippen LogP contribution >= 0.6 is 11.6 Å². The Morgan fingerprint density at radius 2 is 1.96 bits per heavy atom. The minimum Gasteiger partial charge on any atom is -0.394 e. The molecular weight excluding hydrogens is 391 g/mol. The summed E-state index contributed by atoms with van der Waals surface area (Å²) in [6.45, 7) is 1.26. The van der Waals surface area contributed by atoms with E-state index in [0.29, 0.717) is 0 Å². The number of hydrogen-bond donors (Lipinski definition) is 1. The van der Waals surface area contributed by atoms with Crippen LogP contribution in [0.5, 0.6) is 5.75 Å². The zero-order valence-corrected chi connectivity index (χ0v) is 14.5. The average Bonchev–Trinajstić information content (AvgIpc) is 2.46. The number of hydrogen-bond acceptors (Lipinski definition) is 6. The van der Waals surface area contributed by atoms with Gasteiger partial charge in [-0.05, 0) is 12.1 Å². The van der Waals surface area contributed by atoms with Crippen molar-refractivity contribution in [2.75, 3.05) is 31.3 Å². The first-order valence-electron chi connectivity index (χ1n) is 6.76. The van der Waals surface area contributed by atoms with E-state index in [9.17, 15) is 26.4 Å². The van der Waals surface area contributed by atoms with E-state index in [-0.39, 0.29) is 37.1 Å². The molecule has 142 valence electrons. The summed E-state index contributed by atoms with van der Waals surface area (Å²) in [4.78, 5) is 12.9. The van der Waals surface area contributed by atoms with Gasteiger partial charge in [0.25, 0.3) is 0 Å². The van der Waals surface area contributed by atoms with Gasteiger partial charge in [0.05, 0.1) is 30.5 Å².